The van der Waals surface area contributed by atoms with E-state index in [9.17, 15) is 4.79 Å². The summed E-state index contributed by atoms with van der Waals surface area (Å²) < 4.78 is 11.1. The highest BCUT2D eigenvalue weighted by Crippen LogP contribution is 2.26. The predicted molar refractivity (Wildman–Crippen MR) is 75.1 cm³/mol. The lowest BCUT2D eigenvalue weighted by Crippen LogP contribution is -2.17. The number of esters is 1. The Hall–Kier alpha value is -1.59. The Morgan fingerprint density at radius 1 is 1.37 bits per heavy atom. The van der Waals surface area contributed by atoms with Gasteiger partial charge < -0.3 is 14.5 Å². The van der Waals surface area contributed by atoms with Crippen molar-refractivity contribution in [1.29, 1.82) is 0 Å². The van der Waals surface area contributed by atoms with Crippen molar-refractivity contribution in [3.8, 4) is 0 Å². The van der Waals surface area contributed by atoms with Crippen molar-refractivity contribution in [3.63, 3.8) is 0 Å². The molecule has 1 atom stereocenters. The normalized spacial score (nSPS) is 12.2. The third kappa shape index (κ3) is 3.05. The molecule has 0 aliphatic carbocycles. The molecule has 0 aliphatic rings. The summed E-state index contributed by atoms with van der Waals surface area (Å²) in [5.41, 5.74) is 1.04. The van der Waals surface area contributed by atoms with Crippen molar-refractivity contribution < 1.29 is 13.9 Å². The summed E-state index contributed by atoms with van der Waals surface area (Å²) >= 11 is 3.44. The van der Waals surface area contributed by atoms with Crippen molar-refractivity contribution in [2.24, 2.45) is 0 Å². The summed E-state index contributed by atoms with van der Waals surface area (Å²) in [4.78, 5) is 11.4. The molecular weight excluding hydrogens is 310 g/mol. The van der Waals surface area contributed by atoms with Crippen molar-refractivity contribution >= 4 is 21.9 Å². The smallest absolute Gasteiger partial charge is 0.373 e. The summed E-state index contributed by atoms with van der Waals surface area (Å²) in [5.74, 6) is 0.393. The molecule has 0 bridgehead atoms. The number of hydrogen-bond acceptors (Lipinski definition) is 4. The van der Waals surface area contributed by atoms with Gasteiger partial charge in [0.15, 0.2) is 0 Å². The number of nitrogens with one attached hydrogen (secondary N) is 1. The van der Waals surface area contributed by atoms with Gasteiger partial charge in [-0.2, -0.15) is 0 Å². The molecule has 2 aromatic rings. The molecule has 0 radical (unpaired) electrons. The SMILES string of the molecule is CNC(c1cccc(Br)c1)c1ccc(C(=O)OC)o1. The predicted octanol–water partition coefficient (Wildman–Crippen LogP) is 3.14. The second-order valence-corrected chi connectivity index (χ2v) is 4.89. The van der Waals surface area contributed by atoms with Gasteiger partial charge in [0.25, 0.3) is 0 Å². The summed E-state index contributed by atoms with van der Waals surface area (Å²) in [6.45, 7) is 0. The van der Waals surface area contributed by atoms with Gasteiger partial charge in [0.1, 0.15) is 5.76 Å². The van der Waals surface area contributed by atoms with Crippen molar-refractivity contribution in [1.82, 2.24) is 5.32 Å². The second-order valence-electron chi connectivity index (χ2n) is 3.97. The van der Waals surface area contributed by atoms with Gasteiger partial charge in [0.05, 0.1) is 13.2 Å². The molecule has 5 heteroatoms. The third-order valence-corrected chi connectivity index (χ3v) is 3.26. The zero-order valence-electron chi connectivity index (χ0n) is 10.6. The summed E-state index contributed by atoms with van der Waals surface area (Å²) in [6.07, 6.45) is 0. The minimum absolute atomic E-state index is 0.115. The lowest BCUT2D eigenvalue weighted by Gasteiger charge is -2.14. The highest BCUT2D eigenvalue weighted by molar-refractivity contribution is 9.10. The van der Waals surface area contributed by atoms with Gasteiger partial charge in [0.2, 0.25) is 5.76 Å². The van der Waals surface area contributed by atoms with Crippen LogP contribution in [0.2, 0.25) is 0 Å². The first kappa shape index (κ1) is 13.8. The average molecular weight is 324 g/mol. The number of carbonyl (C=O) groups is 1. The Balaban J connectivity index is 2.32. The monoisotopic (exact) mass is 323 g/mol. The zero-order chi connectivity index (χ0) is 13.8. The van der Waals surface area contributed by atoms with Crippen LogP contribution in [0.25, 0.3) is 0 Å². The maximum absolute atomic E-state index is 11.4. The van der Waals surface area contributed by atoms with Gasteiger partial charge >= 0.3 is 5.97 Å². The van der Waals surface area contributed by atoms with Crippen LogP contribution in [-0.4, -0.2) is 20.1 Å². The van der Waals surface area contributed by atoms with Gasteiger partial charge in [-0.25, -0.2) is 4.79 Å². The topological polar surface area (TPSA) is 51.5 Å². The van der Waals surface area contributed by atoms with E-state index < -0.39 is 5.97 Å². The molecule has 0 saturated heterocycles. The van der Waals surface area contributed by atoms with E-state index in [1.54, 1.807) is 12.1 Å². The number of hydrogen-bond donors (Lipinski definition) is 1. The third-order valence-electron chi connectivity index (χ3n) is 2.77. The number of ether oxygens (including phenoxy) is 1. The van der Waals surface area contributed by atoms with E-state index in [0.29, 0.717) is 5.76 Å². The fourth-order valence-electron chi connectivity index (χ4n) is 1.88. The van der Waals surface area contributed by atoms with Crippen LogP contribution >= 0.6 is 15.9 Å². The molecule has 0 spiro atoms. The van der Waals surface area contributed by atoms with Crippen molar-refractivity contribution in [2.45, 2.75) is 6.04 Å². The van der Waals surface area contributed by atoms with Gasteiger partial charge in [-0.3, -0.25) is 0 Å². The van der Waals surface area contributed by atoms with Crippen LogP contribution in [0.5, 0.6) is 0 Å². The molecule has 1 heterocycles. The van der Waals surface area contributed by atoms with Crippen LogP contribution < -0.4 is 5.32 Å². The largest absolute Gasteiger partial charge is 0.463 e. The minimum atomic E-state index is -0.477. The first-order chi connectivity index (χ1) is 9.15. The van der Waals surface area contributed by atoms with E-state index in [-0.39, 0.29) is 11.8 Å². The number of halogens is 1. The molecule has 0 aliphatic heterocycles. The summed E-state index contributed by atoms with van der Waals surface area (Å²) in [6, 6.07) is 11.2. The summed E-state index contributed by atoms with van der Waals surface area (Å²) in [7, 11) is 3.17. The Labute approximate surface area is 119 Å². The Kier molecular flexibility index (Phi) is 4.39. The van der Waals surface area contributed by atoms with Crippen molar-refractivity contribution in [3.05, 3.63) is 58.0 Å². The van der Waals surface area contributed by atoms with Crippen LogP contribution in [0.15, 0.2) is 45.3 Å². The fraction of sp³-hybridized carbons (Fsp3) is 0.214. The van der Waals surface area contributed by atoms with Crippen molar-refractivity contribution in [2.75, 3.05) is 14.2 Å². The van der Waals surface area contributed by atoms with E-state index in [0.717, 1.165) is 10.0 Å². The fourth-order valence-corrected chi connectivity index (χ4v) is 2.29. The molecule has 100 valence electrons. The highest BCUT2D eigenvalue weighted by Gasteiger charge is 2.19. The molecule has 1 unspecified atom stereocenters. The maximum atomic E-state index is 11.4. The molecule has 1 aromatic carbocycles. The molecule has 2 rings (SSSR count). The first-order valence-electron chi connectivity index (χ1n) is 5.76. The molecule has 1 aromatic heterocycles. The first-order valence-corrected chi connectivity index (χ1v) is 6.55. The van der Waals surface area contributed by atoms with Crippen LogP contribution in [0.3, 0.4) is 0 Å². The number of carbonyl (C=O) groups excluding carboxylic acids is 1. The van der Waals surface area contributed by atoms with Gasteiger partial charge in [-0.1, -0.05) is 28.1 Å². The molecule has 19 heavy (non-hydrogen) atoms. The lowest BCUT2D eigenvalue weighted by atomic mass is 10.1. The van der Waals surface area contributed by atoms with E-state index in [4.69, 9.17) is 4.42 Å². The Bertz CT molecular complexity index is 580. The molecule has 4 nitrogen and oxygen atoms in total. The number of furan rings is 1. The average Bonchev–Trinajstić information content (AvgIpc) is 2.88. The van der Waals surface area contributed by atoms with Crippen LogP contribution in [-0.2, 0) is 4.74 Å². The van der Waals surface area contributed by atoms with Gasteiger partial charge in [0, 0.05) is 4.47 Å². The maximum Gasteiger partial charge on any atom is 0.373 e. The molecule has 0 saturated carbocycles. The summed E-state index contributed by atoms with van der Waals surface area (Å²) in [5, 5.41) is 3.17. The Morgan fingerprint density at radius 3 is 2.79 bits per heavy atom. The van der Waals surface area contributed by atoms with E-state index >= 15 is 0 Å². The number of methoxy groups -OCH3 is 1. The van der Waals surface area contributed by atoms with Gasteiger partial charge in [-0.15, -0.1) is 0 Å². The molecule has 1 N–H and O–H groups in total. The minimum Gasteiger partial charge on any atom is -0.463 e. The van der Waals surface area contributed by atoms with Gasteiger partial charge in [-0.05, 0) is 36.9 Å². The van der Waals surface area contributed by atoms with E-state index in [1.807, 2.05) is 31.3 Å². The molecule has 0 amide bonds. The quantitative estimate of drug-likeness (QED) is 0.878. The second kappa shape index (κ2) is 6.04. The molecule has 0 fully saturated rings. The zero-order valence-corrected chi connectivity index (χ0v) is 12.2. The van der Waals surface area contributed by atoms with Crippen LogP contribution in [0.4, 0.5) is 0 Å². The van der Waals surface area contributed by atoms with E-state index in [1.165, 1.54) is 7.11 Å². The highest BCUT2D eigenvalue weighted by atomic mass is 79.9. The van der Waals surface area contributed by atoms with Crippen LogP contribution in [0, 0.1) is 0 Å². The lowest BCUT2D eigenvalue weighted by molar-refractivity contribution is 0.0562. The standard InChI is InChI=1S/C14H14BrNO3/c1-16-13(9-4-3-5-10(15)8-9)11-6-7-12(19-11)14(17)18-2/h3-8,13,16H,1-2H3. The number of benzene rings is 1. The Morgan fingerprint density at radius 2 is 2.16 bits per heavy atom. The van der Waals surface area contributed by atoms with Crippen LogP contribution in [0.1, 0.15) is 27.9 Å². The number of rotatable bonds is 4. The van der Waals surface area contributed by atoms with E-state index in [2.05, 4.69) is 26.0 Å². The molecular formula is C14H14BrNO3.